The van der Waals surface area contributed by atoms with E-state index in [9.17, 15) is 4.79 Å². The Labute approximate surface area is 82.4 Å². The summed E-state index contributed by atoms with van der Waals surface area (Å²) in [6.07, 6.45) is 1.28. The largest absolute Gasteiger partial charge is 0.303 e. The van der Waals surface area contributed by atoms with Gasteiger partial charge in [-0.3, -0.25) is 0 Å². The van der Waals surface area contributed by atoms with Crippen molar-refractivity contribution in [2.24, 2.45) is 0 Å². The van der Waals surface area contributed by atoms with E-state index in [1.807, 2.05) is 32.0 Å². The van der Waals surface area contributed by atoms with E-state index in [1.165, 1.54) is 0 Å². The molecule has 0 atom stereocenters. The van der Waals surface area contributed by atoms with Crippen molar-refractivity contribution in [3.8, 4) is 0 Å². The van der Waals surface area contributed by atoms with Crippen LogP contribution in [0.2, 0.25) is 0 Å². The van der Waals surface area contributed by atoms with Gasteiger partial charge >= 0.3 is 0 Å². The van der Waals surface area contributed by atoms with Crippen LogP contribution in [0.1, 0.15) is 17.2 Å². The molecular formula is C11H12N2O. The number of aromatic nitrogens is 2. The van der Waals surface area contributed by atoms with Crippen LogP contribution in [0.25, 0.3) is 5.52 Å². The van der Waals surface area contributed by atoms with Crippen LogP contribution >= 0.6 is 0 Å². The molecule has 0 amide bonds. The molecule has 0 aromatic carbocycles. The van der Waals surface area contributed by atoms with Crippen LogP contribution in [-0.2, 0) is 11.2 Å². The standard InChI is InChI=1S/C11H12N2O/c1-8-4-3-5-11-10(6-7-14)12-9(2)13(8)11/h3-5,7H,6H2,1-2H3. The molecule has 0 bridgehead atoms. The first kappa shape index (κ1) is 8.94. The van der Waals surface area contributed by atoms with Crippen LogP contribution in [0.15, 0.2) is 18.2 Å². The number of hydrogen-bond acceptors (Lipinski definition) is 2. The van der Waals surface area contributed by atoms with E-state index in [4.69, 9.17) is 0 Å². The van der Waals surface area contributed by atoms with Crippen LogP contribution in [-0.4, -0.2) is 15.7 Å². The number of aldehydes is 1. The zero-order chi connectivity index (χ0) is 10.1. The van der Waals surface area contributed by atoms with Crippen LogP contribution in [0.5, 0.6) is 0 Å². The van der Waals surface area contributed by atoms with Crippen molar-refractivity contribution in [3.63, 3.8) is 0 Å². The Morgan fingerprint density at radius 3 is 2.93 bits per heavy atom. The lowest BCUT2D eigenvalue weighted by molar-refractivity contribution is -0.107. The maximum Gasteiger partial charge on any atom is 0.126 e. The smallest absolute Gasteiger partial charge is 0.126 e. The Hall–Kier alpha value is -1.64. The number of nitrogens with zero attached hydrogens (tertiary/aromatic N) is 2. The van der Waals surface area contributed by atoms with Gasteiger partial charge in [0, 0.05) is 12.1 Å². The molecule has 3 heteroatoms. The summed E-state index contributed by atoms with van der Waals surface area (Å²) >= 11 is 0. The number of aryl methyl sites for hydroxylation is 2. The molecule has 14 heavy (non-hydrogen) atoms. The molecule has 2 aromatic rings. The minimum absolute atomic E-state index is 0.390. The topological polar surface area (TPSA) is 34.4 Å². The number of rotatable bonds is 2. The lowest BCUT2D eigenvalue weighted by Gasteiger charge is -2.00. The second kappa shape index (κ2) is 3.25. The summed E-state index contributed by atoms with van der Waals surface area (Å²) in [5, 5.41) is 0. The fraction of sp³-hybridized carbons (Fsp3) is 0.273. The zero-order valence-electron chi connectivity index (χ0n) is 8.32. The molecule has 0 spiro atoms. The number of hydrogen-bond donors (Lipinski definition) is 0. The van der Waals surface area contributed by atoms with Gasteiger partial charge in [-0.1, -0.05) is 6.07 Å². The van der Waals surface area contributed by atoms with Crippen LogP contribution < -0.4 is 0 Å². The Bertz CT molecular complexity index is 485. The highest BCUT2D eigenvalue weighted by Gasteiger charge is 2.07. The predicted molar refractivity (Wildman–Crippen MR) is 54.4 cm³/mol. The third-order valence-electron chi connectivity index (χ3n) is 2.38. The number of carbonyl (C=O) groups excluding carboxylic acids is 1. The van der Waals surface area contributed by atoms with Crippen LogP contribution in [0.4, 0.5) is 0 Å². The highest BCUT2D eigenvalue weighted by atomic mass is 16.1. The van der Waals surface area contributed by atoms with Crippen LogP contribution in [0.3, 0.4) is 0 Å². The Balaban J connectivity index is 2.77. The second-order valence-electron chi connectivity index (χ2n) is 3.36. The van der Waals surface area contributed by atoms with E-state index in [0.29, 0.717) is 6.42 Å². The summed E-state index contributed by atoms with van der Waals surface area (Å²) in [6, 6.07) is 6.01. The predicted octanol–water partition coefficient (Wildman–Crippen LogP) is 1.69. The lowest BCUT2D eigenvalue weighted by Crippen LogP contribution is -1.92. The maximum absolute atomic E-state index is 10.5. The Morgan fingerprint density at radius 2 is 2.21 bits per heavy atom. The molecule has 0 saturated carbocycles. The van der Waals surface area contributed by atoms with Gasteiger partial charge in [-0.25, -0.2) is 4.98 Å². The van der Waals surface area contributed by atoms with Crippen molar-refractivity contribution in [3.05, 3.63) is 35.4 Å². The highest BCUT2D eigenvalue weighted by Crippen LogP contribution is 2.15. The van der Waals surface area contributed by atoms with Gasteiger partial charge in [0.2, 0.25) is 0 Å². The fourth-order valence-corrected chi connectivity index (χ4v) is 1.80. The Morgan fingerprint density at radius 1 is 1.43 bits per heavy atom. The van der Waals surface area contributed by atoms with Crippen molar-refractivity contribution >= 4 is 11.8 Å². The van der Waals surface area contributed by atoms with Crippen molar-refractivity contribution in [1.82, 2.24) is 9.38 Å². The van der Waals surface area contributed by atoms with Crippen molar-refractivity contribution in [2.75, 3.05) is 0 Å². The molecule has 0 aliphatic heterocycles. The highest BCUT2D eigenvalue weighted by molar-refractivity contribution is 5.63. The molecule has 2 aromatic heterocycles. The average molecular weight is 188 g/mol. The van der Waals surface area contributed by atoms with Gasteiger partial charge in [0.25, 0.3) is 0 Å². The first-order valence-corrected chi connectivity index (χ1v) is 4.61. The molecular weight excluding hydrogens is 176 g/mol. The van der Waals surface area contributed by atoms with Gasteiger partial charge in [-0.05, 0) is 26.0 Å². The number of carbonyl (C=O) groups is 1. The van der Waals surface area contributed by atoms with Crippen molar-refractivity contribution in [1.29, 1.82) is 0 Å². The summed E-state index contributed by atoms with van der Waals surface area (Å²) < 4.78 is 2.07. The van der Waals surface area contributed by atoms with Gasteiger partial charge < -0.3 is 9.20 Å². The van der Waals surface area contributed by atoms with E-state index < -0.39 is 0 Å². The summed E-state index contributed by atoms with van der Waals surface area (Å²) in [7, 11) is 0. The van der Waals surface area contributed by atoms with E-state index in [2.05, 4.69) is 9.38 Å². The van der Waals surface area contributed by atoms with E-state index in [-0.39, 0.29) is 0 Å². The van der Waals surface area contributed by atoms with Gasteiger partial charge in [0.1, 0.15) is 12.1 Å². The zero-order valence-corrected chi connectivity index (χ0v) is 8.32. The minimum Gasteiger partial charge on any atom is -0.303 e. The molecule has 2 heterocycles. The quantitative estimate of drug-likeness (QED) is 0.672. The number of fused-ring (bicyclic) bond motifs is 1. The molecule has 0 fully saturated rings. The molecule has 0 radical (unpaired) electrons. The summed E-state index contributed by atoms with van der Waals surface area (Å²) in [6.45, 7) is 3.99. The SMILES string of the molecule is Cc1cccc2c(CC=O)nc(C)n12. The molecule has 3 nitrogen and oxygen atoms in total. The van der Waals surface area contributed by atoms with E-state index in [1.54, 1.807) is 0 Å². The fourth-order valence-electron chi connectivity index (χ4n) is 1.80. The summed E-state index contributed by atoms with van der Waals surface area (Å²) in [5.41, 5.74) is 3.04. The monoisotopic (exact) mass is 188 g/mol. The first-order chi connectivity index (χ1) is 6.74. The first-order valence-electron chi connectivity index (χ1n) is 4.61. The van der Waals surface area contributed by atoms with Gasteiger partial charge in [-0.2, -0.15) is 0 Å². The van der Waals surface area contributed by atoms with Gasteiger partial charge in [-0.15, -0.1) is 0 Å². The van der Waals surface area contributed by atoms with Crippen molar-refractivity contribution in [2.45, 2.75) is 20.3 Å². The molecule has 0 aliphatic carbocycles. The summed E-state index contributed by atoms with van der Waals surface area (Å²) in [5.74, 6) is 0.940. The Kier molecular flexibility index (Phi) is 2.08. The number of pyridine rings is 1. The second-order valence-corrected chi connectivity index (χ2v) is 3.36. The van der Waals surface area contributed by atoms with Gasteiger partial charge in [0.15, 0.2) is 0 Å². The van der Waals surface area contributed by atoms with Gasteiger partial charge in [0.05, 0.1) is 11.2 Å². The van der Waals surface area contributed by atoms with Crippen molar-refractivity contribution < 1.29 is 4.79 Å². The number of imidazole rings is 1. The lowest BCUT2D eigenvalue weighted by atomic mass is 10.2. The molecule has 0 saturated heterocycles. The minimum atomic E-state index is 0.390. The maximum atomic E-state index is 10.5. The molecule has 0 unspecified atom stereocenters. The third-order valence-corrected chi connectivity index (χ3v) is 2.38. The molecule has 72 valence electrons. The normalized spacial score (nSPS) is 10.7. The molecule has 0 N–H and O–H groups in total. The molecule has 0 aliphatic rings. The average Bonchev–Trinajstić information content (AvgIpc) is 2.46. The third kappa shape index (κ3) is 1.21. The van der Waals surface area contributed by atoms with E-state index >= 15 is 0 Å². The van der Waals surface area contributed by atoms with E-state index in [0.717, 1.165) is 29.0 Å². The molecule has 2 rings (SSSR count). The van der Waals surface area contributed by atoms with Crippen LogP contribution in [0, 0.1) is 13.8 Å². The summed E-state index contributed by atoms with van der Waals surface area (Å²) in [4.78, 5) is 14.8.